The Labute approximate surface area is 204 Å². The molecule has 0 aliphatic rings. The van der Waals surface area contributed by atoms with E-state index in [1.165, 1.54) is 0 Å². The zero-order valence-corrected chi connectivity index (χ0v) is 19.5. The molecule has 0 atom stereocenters. The standard InChI is InChI=1S/C28H27N3O4/c1-2-3-4-9-18-35-28(34)20-16-14-19(15-17-20)25-29-26(21-10-5-7-12-23(21)32)31-27(30-25)22-11-6-8-13-24(22)33/h5-8,10-17,32-33H,2-4,9,18H2,1H3. The van der Waals surface area contributed by atoms with Crippen LogP contribution in [-0.4, -0.2) is 37.7 Å². The smallest absolute Gasteiger partial charge is 0.338 e. The van der Waals surface area contributed by atoms with E-state index in [4.69, 9.17) is 4.74 Å². The fraction of sp³-hybridized carbons (Fsp3) is 0.214. The van der Waals surface area contributed by atoms with E-state index in [1.54, 1.807) is 72.8 Å². The van der Waals surface area contributed by atoms with Crippen LogP contribution in [0.2, 0.25) is 0 Å². The van der Waals surface area contributed by atoms with E-state index in [1.807, 2.05) is 0 Å². The number of rotatable bonds is 9. The number of unbranched alkanes of at least 4 members (excludes halogenated alkanes) is 3. The van der Waals surface area contributed by atoms with Crippen molar-refractivity contribution in [3.63, 3.8) is 0 Å². The van der Waals surface area contributed by atoms with E-state index in [-0.39, 0.29) is 29.1 Å². The van der Waals surface area contributed by atoms with Crippen LogP contribution in [0.25, 0.3) is 34.2 Å². The number of phenolic OH excluding ortho intramolecular Hbond substituents is 2. The lowest BCUT2D eigenvalue weighted by Gasteiger charge is -2.10. The molecule has 0 aliphatic heterocycles. The summed E-state index contributed by atoms with van der Waals surface area (Å²) in [6.07, 6.45) is 4.15. The van der Waals surface area contributed by atoms with Crippen LogP contribution in [0.3, 0.4) is 0 Å². The van der Waals surface area contributed by atoms with Crippen LogP contribution >= 0.6 is 0 Å². The van der Waals surface area contributed by atoms with Crippen LogP contribution in [0.5, 0.6) is 11.5 Å². The van der Waals surface area contributed by atoms with Gasteiger partial charge in [-0.05, 0) is 42.8 Å². The zero-order chi connectivity index (χ0) is 24.6. The lowest BCUT2D eigenvalue weighted by Crippen LogP contribution is -2.06. The minimum atomic E-state index is -0.367. The summed E-state index contributed by atoms with van der Waals surface area (Å²) in [5.41, 5.74) is 1.98. The van der Waals surface area contributed by atoms with Crippen LogP contribution in [0, 0.1) is 0 Å². The first-order valence-corrected chi connectivity index (χ1v) is 11.7. The highest BCUT2D eigenvalue weighted by atomic mass is 16.5. The molecule has 7 nitrogen and oxygen atoms in total. The molecule has 4 aromatic rings. The maximum Gasteiger partial charge on any atom is 0.338 e. The van der Waals surface area contributed by atoms with E-state index in [0.29, 0.717) is 34.7 Å². The second-order valence-corrected chi connectivity index (χ2v) is 8.11. The molecule has 0 radical (unpaired) electrons. The molecule has 0 saturated carbocycles. The van der Waals surface area contributed by atoms with Crippen molar-refractivity contribution in [2.24, 2.45) is 0 Å². The van der Waals surface area contributed by atoms with Gasteiger partial charge in [0.05, 0.1) is 23.3 Å². The molecular formula is C28H27N3O4. The Bertz CT molecular complexity index is 1240. The van der Waals surface area contributed by atoms with Gasteiger partial charge in [-0.15, -0.1) is 0 Å². The van der Waals surface area contributed by atoms with Crippen molar-refractivity contribution < 1.29 is 19.7 Å². The van der Waals surface area contributed by atoms with Gasteiger partial charge in [0.25, 0.3) is 0 Å². The monoisotopic (exact) mass is 469 g/mol. The zero-order valence-electron chi connectivity index (χ0n) is 19.5. The summed E-state index contributed by atoms with van der Waals surface area (Å²) >= 11 is 0. The second kappa shape index (κ2) is 11.2. The van der Waals surface area contributed by atoms with Gasteiger partial charge in [-0.25, -0.2) is 19.7 Å². The summed E-state index contributed by atoms with van der Waals surface area (Å²) in [6.45, 7) is 2.54. The average Bonchev–Trinajstić information content (AvgIpc) is 2.89. The molecule has 0 amide bonds. The van der Waals surface area contributed by atoms with Crippen LogP contribution in [-0.2, 0) is 4.74 Å². The summed E-state index contributed by atoms with van der Waals surface area (Å²) in [5, 5.41) is 20.7. The Morgan fingerprint density at radius 2 is 1.26 bits per heavy atom. The molecule has 3 aromatic carbocycles. The number of hydrogen-bond donors (Lipinski definition) is 2. The van der Waals surface area contributed by atoms with Crippen molar-refractivity contribution in [1.82, 2.24) is 15.0 Å². The second-order valence-electron chi connectivity index (χ2n) is 8.11. The van der Waals surface area contributed by atoms with E-state index < -0.39 is 0 Å². The van der Waals surface area contributed by atoms with Crippen LogP contribution in [0.1, 0.15) is 43.0 Å². The number of carbonyl (C=O) groups is 1. The Kier molecular flexibility index (Phi) is 7.67. The number of aromatic hydroxyl groups is 2. The molecule has 0 spiro atoms. The van der Waals surface area contributed by atoms with Crippen LogP contribution in [0.15, 0.2) is 72.8 Å². The summed E-state index contributed by atoms with van der Waals surface area (Å²) in [7, 11) is 0. The Hall–Kier alpha value is -4.26. The van der Waals surface area contributed by atoms with Crippen molar-refractivity contribution in [1.29, 1.82) is 0 Å². The summed E-state index contributed by atoms with van der Waals surface area (Å²) in [4.78, 5) is 26.0. The Morgan fingerprint density at radius 1 is 0.714 bits per heavy atom. The quantitative estimate of drug-likeness (QED) is 0.228. The molecule has 4 rings (SSSR count). The largest absolute Gasteiger partial charge is 0.507 e. The topological polar surface area (TPSA) is 105 Å². The van der Waals surface area contributed by atoms with Gasteiger partial charge < -0.3 is 14.9 Å². The molecule has 0 unspecified atom stereocenters. The number of phenols is 2. The van der Waals surface area contributed by atoms with Gasteiger partial charge in [-0.3, -0.25) is 0 Å². The minimum absolute atomic E-state index is 0.0323. The minimum Gasteiger partial charge on any atom is -0.507 e. The summed E-state index contributed by atoms with van der Waals surface area (Å²) in [6, 6.07) is 20.4. The van der Waals surface area contributed by atoms with Crippen LogP contribution < -0.4 is 0 Å². The maximum absolute atomic E-state index is 12.4. The van der Waals surface area contributed by atoms with E-state index >= 15 is 0 Å². The number of carbonyl (C=O) groups excluding carboxylic acids is 1. The lowest BCUT2D eigenvalue weighted by molar-refractivity contribution is 0.0498. The van der Waals surface area contributed by atoms with Crippen molar-refractivity contribution in [2.45, 2.75) is 32.6 Å². The molecule has 7 heteroatoms. The average molecular weight is 470 g/mol. The maximum atomic E-state index is 12.4. The molecule has 178 valence electrons. The lowest BCUT2D eigenvalue weighted by atomic mass is 10.1. The van der Waals surface area contributed by atoms with Gasteiger partial charge in [-0.1, -0.05) is 62.6 Å². The first-order chi connectivity index (χ1) is 17.1. The molecule has 0 saturated heterocycles. The number of benzene rings is 3. The summed E-state index contributed by atoms with van der Waals surface area (Å²) < 4.78 is 5.36. The SMILES string of the molecule is CCCCCCOC(=O)c1ccc(-c2nc(-c3ccccc3O)nc(-c3ccccc3O)n2)cc1. The first-order valence-electron chi connectivity index (χ1n) is 11.7. The van der Waals surface area contributed by atoms with Crippen molar-refractivity contribution in [2.75, 3.05) is 6.61 Å². The third-order valence-corrected chi connectivity index (χ3v) is 5.54. The van der Waals surface area contributed by atoms with Gasteiger partial charge in [0.2, 0.25) is 0 Å². The first kappa shape index (κ1) is 23.9. The van der Waals surface area contributed by atoms with Gasteiger partial charge in [-0.2, -0.15) is 0 Å². The van der Waals surface area contributed by atoms with Gasteiger partial charge in [0, 0.05) is 5.56 Å². The normalized spacial score (nSPS) is 10.8. The third-order valence-electron chi connectivity index (χ3n) is 5.54. The third kappa shape index (κ3) is 5.81. The molecule has 0 bridgehead atoms. The summed E-state index contributed by atoms with van der Waals surface area (Å²) in [5.74, 6) is 0.572. The van der Waals surface area contributed by atoms with E-state index in [0.717, 1.165) is 25.7 Å². The van der Waals surface area contributed by atoms with Gasteiger partial charge in [0.15, 0.2) is 17.5 Å². The van der Waals surface area contributed by atoms with E-state index in [2.05, 4.69) is 21.9 Å². The molecule has 1 aromatic heterocycles. The van der Waals surface area contributed by atoms with Gasteiger partial charge in [0.1, 0.15) is 11.5 Å². The number of ether oxygens (including phenoxy) is 1. The fourth-order valence-corrected chi connectivity index (χ4v) is 3.60. The highest BCUT2D eigenvalue weighted by molar-refractivity contribution is 5.90. The predicted octanol–water partition coefficient (Wildman–Crippen LogP) is 6.02. The van der Waals surface area contributed by atoms with Gasteiger partial charge >= 0.3 is 5.97 Å². The molecule has 2 N–H and O–H groups in total. The van der Waals surface area contributed by atoms with Crippen molar-refractivity contribution >= 4 is 5.97 Å². The Balaban J connectivity index is 1.65. The van der Waals surface area contributed by atoms with E-state index in [9.17, 15) is 15.0 Å². The highest BCUT2D eigenvalue weighted by Gasteiger charge is 2.16. The number of nitrogens with zero attached hydrogens (tertiary/aromatic N) is 3. The molecule has 0 aliphatic carbocycles. The predicted molar refractivity (Wildman–Crippen MR) is 134 cm³/mol. The number of esters is 1. The molecular weight excluding hydrogens is 442 g/mol. The molecule has 0 fully saturated rings. The number of para-hydroxylation sites is 2. The highest BCUT2D eigenvalue weighted by Crippen LogP contribution is 2.32. The molecule has 1 heterocycles. The fourth-order valence-electron chi connectivity index (χ4n) is 3.60. The molecule has 35 heavy (non-hydrogen) atoms. The van der Waals surface area contributed by atoms with Crippen molar-refractivity contribution in [3.8, 4) is 45.7 Å². The Morgan fingerprint density at radius 3 is 1.80 bits per heavy atom. The number of hydrogen-bond acceptors (Lipinski definition) is 7. The number of aromatic nitrogens is 3. The van der Waals surface area contributed by atoms with Crippen LogP contribution in [0.4, 0.5) is 0 Å². The van der Waals surface area contributed by atoms with Crippen molar-refractivity contribution in [3.05, 3.63) is 78.4 Å².